The third-order valence-corrected chi connectivity index (χ3v) is 7.07. The molecule has 2 fully saturated rings. The number of aromatic nitrogens is 4. The molecule has 2 aliphatic rings. The van der Waals surface area contributed by atoms with Gasteiger partial charge in [-0.25, -0.2) is 4.52 Å². The van der Waals surface area contributed by atoms with Crippen LogP contribution >= 0.6 is 0 Å². The standard InChI is InChI=1S/C26H31N7O2/c1-16-11-24-22(32-9-7-20(8-10-32)27-19-3-4-19)5-6-23(33(24)29-16)26(35)28-21-12-17-14-31(2)30-25(17)18(13-21)15-34/h5-6,11-14,19-20,27,34H,3-4,7-10,15H2,1-2H3,(H,28,35). The van der Waals surface area contributed by atoms with Crippen LogP contribution in [0.2, 0.25) is 0 Å². The van der Waals surface area contributed by atoms with Gasteiger partial charge in [-0.15, -0.1) is 0 Å². The zero-order valence-corrected chi connectivity index (χ0v) is 20.2. The molecule has 6 rings (SSSR count). The molecule has 0 spiro atoms. The average molecular weight is 474 g/mol. The lowest BCUT2D eigenvalue weighted by atomic mass is 10.0. The molecule has 4 heterocycles. The minimum Gasteiger partial charge on any atom is -0.392 e. The summed E-state index contributed by atoms with van der Waals surface area (Å²) >= 11 is 0. The number of nitrogens with zero attached hydrogens (tertiary/aromatic N) is 5. The summed E-state index contributed by atoms with van der Waals surface area (Å²) < 4.78 is 3.46. The number of pyridine rings is 1. The van der Waals surface area contributed by atoms with Crippen molar-refractivity contribution in [2.75, 3.05) is 23.3 Å². The van der Waals surface area contributed by atoms with Crippen molar-refractivity contribution in [3.63, 3.8) is 0 Å². The maximum Gasteiger partial charge on any atom is 0.274 e. The zero-order valence-electron chi connectivity index (χ0n) is 20.2. The number of anilines is 2. The first kappa shape index (κ1) is 22.1. The van der Waals surface area contributed by atoms with E-state index >= 15 is 0 Å². The maximum atomic E-state index is 13.3. The van der Waals surface area contributed by atoms with Gasteiger partial charge in [-0.1, -0.05) is 0 Å². The van der Waals surface area contributed by atoms with Crippen LogP contribution in [0.3, 0.4) is 0 Å². The largest absolute Gasteiger partial charge is 0.392 e. The zero-order chi connectivity index (χ0) is 24.1. The Balaban J connectivity index is 1.26. The molecule has 1 saturated carbocycles. The molecule has 1 amide bonds. The Morgan fingerprint density at radius 3 is 2.60 bits per heavy atom. The maximum absolute atomic E-state index is 13.3. The smallest absolute Gasteiger partial charge is 0.274 e. The first-order chi connectivity index (χ1) is 17.0. The molecular formula is C26H31N7O2. The molecule has 9 heteroatoms. The molecule has 182 valence electrons. The van der Waals surface area contributed by atoms with E-state index in [1.165, 1.54) is 12.8 Å². The third kappa shape index (κ3) is 4.26. The fourth-order valence-corrected chi connectivity index (χ4v) is 5.20. The second-order valence-electron chi connectivity index (χ2n) is 9.88. The molecular weight excluding hydrogens is 442 g/mol. The molecule has 0 radical (unpaired) electrons. The van der Waals surface area contributed by atoms with Crippen molar-refractivity contribution >= 4 is 33.7 Å². The average Bonchev–Trinajstić information content (AvgIpc) is 3.44. The van der Waals surface area contributed by atoms with Gasteiger partial charge in [-0.2, -0.15) is 10.2 Å². The Bertz CT molecular complexity index is 1410. The number of aliphatic hydroxyl groups excluding tert-OH is 1. The number of carbonyl (C=O) groups is 1. The van der Waals surface area contributed by atoms with Gasteiger partial charge in [-0.3, -0.25) is 9.48 Å². The van der Waals surface area contributed by atoms with Gasteiger partial charge >= 0.3 is 0 Å². The quantitative estimate of drug-likeness (QED) is 0.398. The minimum atomic E-state index is -0.246. The summed E-state index contributed by atoms with van der Waals surface area (Å²) in [6, 6.07) is 10.9. The summed E-state index contributed by atoms with van der Waals surface area (Å²) in [6.45, 7) is 3.78. The topological polar surface area (TPSA) is 99.7 Å². The number of fused-ring (bicyclic) bond motifs is 2. The van der Waals surface area contributed by atoms with Crippen molar-refractivity contribution in [1.29, 1.82) is 0 Å². The van der Waals surface area contributed by atoms with Crippen molar-refractivity contribution in [3.05, 3.63) is 53.5 Å². The number of aryl methyl sites for hydroxylation is 2. The molecule has 1 aromatic carbocycles. The van der Waals surface area contributed by atoms with Gasteiger partial charge in [0.15, 0.2) is 0 Å². The summed E-state index contributed by atoms with van der Waals surface area (Å²) in [6.07, 6.45) is 6.76. The molecule has 4 aromatic rings. The van der Waals surface area contributed by atoms with E-state index in [2.05, 4.69) is 25.7 Å². The number of hydrogen-bond donors (Lipinski definition) is 3. The second-order valence-corrected chi connectivity index (χ2v) is 9.88. The fourth-order valence-electron chi connectivity index (χ4n) is 5.20. The number of hydrogen-bond acceptors (Lipinski definition) is 6. The number of rotatable bonds is 6. The molecule has 1 aliphatic carbocycles. The van der Waals surface area contributed by atoms with Crippen LogP contribution in [-0.2, 0) is 13.7 Å². The summed E-state index contributed by atoms with van der Waals surface area (Å²) in [4.78, 5) is 15.8. The number of amides is 1. The number of carbonyl (C=O) groups excluding carboxylic acids is 1. The normalized spacial score (nSPS) is 16.9. The van der Waals surface area contributed by atoms with E-state index in [-0.39, 0.29) is 12.5 Å². The van der Waals surface area contributed by atoms with Gasteiger partial charge in [0, 0.05) is 55.1 Å². The second kappa shape index (κ2) is 8.66. The van der Waals surface area contributed by atoms with Crippen LogP contribution in [0, 0.1) is 6.92 Å². The number of piperidine rings is 1. The van der Waals surface area contributed by atoms with Crippen LogP contribution in [0.5, 0.6) is 0 Å². The highest BCUT2D eigenvalue weighted by molar-refractivity contribution is 6.05. The Morgan fingerprint density at radius 2 is 1.86 bits per heavy atom. The molecule has 3 aromatic heterocycles. The van der Waals surface area contributed by atoms with Crippen molar-refractivity contribution < 1.29 is 9.90 Å². The molecule has 35 heavy (non-hydrogen) atoms. The summed E-state index contributed by atoms with van der Waals surface area (Å²) in [5.74, 6) is -0.246. The van der Waals surface area contributed by atoms with Crippen LogP contribution < -0.4 is 15.5 Å². The van der Waals surface area contributed by atoms with Crippen LogP contribution in [0.25, 0.3) is 16.4 Å². The Kier molecular flexibility index (Phi) is 5.46. The molecule has 3 N–H and O–H groups in total. The van der Waals surface area contributed by atoms with E-state index in [1.807, 2.05) is 44.4 Å². The predicted octanol–water partition coefficient (Wildman–Crippen LogP) is 2.99. The molecule has 0 bridgehead atoms. The van der Waals surface area contributed by atoms with Crippen LogP contribution in [0.4, 0.5) is 11.4 Å². The van der Waals surface area contributed by atoms with Gasteiger partial charge in [0.05, 0.1) is 29.0 Å². The molecule has 1 aliphatic heterocycles. The van der Waals surface area contributed by atoms with Gasteiger partial charge < -0.3 is 20.6 Å². The van der Waals surface area contributed by atoms with Gasteiger partial charge in [0.2, 0.25) is 0 Å². The number of nitrogens with one attached hydrogen (secondary N) is 2. The lowest BCUT2D eigenvalue weighted by Crippen LogP contribution is -2.43. The lowest BCUT2D eigenvalue weighted by molar-refractivity contribution is 0.102. The summed E-state index contributed by atoms with van der Waals surface area (Å²) in [5.41, 5.74) is 5.43. The third-order valence-electron chi connectivity index (χ3n) is 7.07. The Labute approximate surface area is 203 Å². The first-order valence-electron chi connectivity index (χ1n) is 12.4. The fraction of sp³-hybridized carbons (Fsp3) is 0.423. The van der Waals surface area contributed by atoms with Gasteiger partial charge in [-0.05, 0) is 62.9 Å². The highest BCUT2D eigenvalue weighted by Crippen LogP contribution is 2.29. The van der Waals surface area contributed by atoms with Crippen molar-refractivity contribution in [1.82, 2.24) is 24.7 Å². The highest BCUT2D eigenvalue weighted by Gasteiger charge is 2.28. The first-order valence-corrected chi connectivity index (χ1v) is 12.4. The monoisotopic (exact) mass is 473 g/mol. The van der Waals surface area contributed by atoms with Gasteiger partial charge in [0.25, 0.3) is 5.91 Å². The SMILES string of the molecule is Cc1cc2c(N3CCC(NC4CC4)CC3)ccc(C(=O)Nc3cc(CO)c4nn(C)cc4c3)n2n1. The summed E-state index contributed by atoms with van der Waals surface area (Å²) in [7, 11) is 1.84. The summed E-state index contributed by atoms with van der Waals surface area (Å²) in [5, 5.41) is 26.5. The Hall–Kier alpha value is -3.43. The van der Waals surface area contributed by atoms with Crippen molar-refractivity contribution in [3.8, 4) is 0 Å². The predicted molar refractivity (Wildman–Crippen MR) is 136 cm³/mol. The number of benzene rings is 1. The highest BCUT2D eigenvalue weighted by atomic mass is 16.3. The molecule has 9 nitrogen and oxygen atoms in total. The Morgan fingerprint density at radius 1 is 1.09 bits per heavy atom. The molecule has 1 saturated heterocycles. The molecule has 0 unspecified atom stereocenters. The minimum absolute atomic E-state index is 0.151. The van der Waals surface area contributed by atoms with Crippen LogP contribution in [0.15, 0.2) is 36.5 Å². The van der Waals surface area contributed by atoms with Crippen molar-refractivity contribution in [2.24, 2.45) is 7.05 Å². The molecule has 0 atom stereocenters. The lowest BCUT2D eigenvalue weighted by Gasteiger charge is -2.34. The van der Waals surface area contributed by atoms with Crippen molar-refractivity contribution in [2.45, 2.75) is 51.3 Å². The van der Waals surface area contributed by atoms with Crippen LogP contribution in [-0.4, -0.2) is 55.6 Å². The van der Waals surface area contributed by atoms with E-state index < -0.39 is 0 Å². The van der Waals surface area contributed by atoms with E-state index in [0.29, 0.717) is 23.0 Å². The van der Waals surface area contributed by atoms with E-state index in [4.69, 9.17) is 0 Å². The van der Waals surface area contributed by atoms with E-state index in [1.54, 1.807) is 15.3 Å². The number of aliphatic hydroxyl groups is 1. The van der Waals surface area contributed by atoms with Gasteiger partial charge in [0.1, 0.15) is 5.69 Å². The van der Waals surface area contributed by atoms with E-state index in [9.17, 15) is 9.90 Å². The van der Waals surface area contributed by atoms with Crippen LogP contribution in [0.1, 0.15) is 47.4 Å². The van der Waals surface area contributed by atoms with E-state index in [0.717, 1.165) is 59.8 Å².